The Labute approximate surface area is 113 Å². The van der Waals surface area contributed by atoms with Crippen LogP contribution in [0.25, 0.3) is 0 Å². The van der Waals surface area contributed by atoms with Crippen molar-refractivity contribution in [2.75, 3.05) is 33.2 Å². The fourth-order valence-electron chi connectivity index (χ4n) is 4.11. The lowest BCUT2D eigenvalue weighted by Crippen LogP contribution is -2.54. The van der Waals surface area contributed by atoms with Gasteiger partial charge in [0.05, 0.1) is 0 Å². The van der Waals surface area contributed by atoms with Gasteiger partial charge in [-0.2, -0.15) is 0 Å². The minimum Gasteiger partial charge on any atom is -0.326 e. The van der Waals surface area contributed by atoms with Gasteiger partial charge in [0.2, 0.25) is 0 Å². The van der Waals surface area contributed by atoms with E-state index in [0.717, 1.165) is 11.8 Å². The number of hydrogen-bond acceptors (Lipinski definition) is 3. The summed E-state index contributed by atoms with van der Waals surface area (Å²) in [7, 11) is 2.27. The van der Waals surface area contributed by atoms with Gasteiger partial charge < -0.3 is 15.5 Å². The molecule has 1 aliphatic heterocycles. The summed E-state index contributed by atoms with van der Waals surface area (Å²) < 4.78 is 0. The molecule has 3 nitrogen and oxygen atoms in total. The molecule has 4 unspecified atom stereocenters. The number of likely N-dealkylation sites (N-methyl/N-ethyl adjacent to an activating group) is 1. The Kier molecular flexibility index (Phi) is 5.05. The van der Waals surface area contributed by atoms with Crippen molar-refractivity contribution in [1.29, 1.82) is 0 Å². The second-order valence-corrected chi connectivity index (χ2v) is 6.74. The number of rotatable bonds is 4. The molecule has 4 atom stereocenters. The Hall–Kier alpha value is -0.120. The van der Waals surface area contributed by atoms with Crippen LogP contribution >= 0.6 is 0 Å². The molecule has 18 heavy (non-hydrogen) atoms. The fraction of sp³-hybridized carbons (Fsp3) is 1.00. The third kappa shape index (κ3) is 3.46. The standard InChI is InChI=1S/C15H31N3/c1-12-10-13(2)15(14(16)11-12)17(3)8-9-18-6-4-5-7-18/h12-15H,4-11,16H2,1-3H3. The van der Waals surface area contributed by atoms with E-state index in [4.69, 9.17) is 5.73 Å². The Morgan fingerprint density at radius 3 is 2.44 bits per heavy atom. The van der Waals surface area contributed by atoms with E-state index in [9.17, 15) is 0 Å². The lowest BCUT2D eigenvalue weighted by atomic mass is 9.76. The van der Waals surface area contributed by atoms with Crippen molar-refractivity contribution in [2.24, 2.45) is 17.6 Å². The summed E-state index contributed by atoms with van der Waals surface area (Å²) in [5.74, 6) is 1.55. The van der Waals surface area contributed by atoms with Crippen molar-refractivity contribution in [2.45, 2.75) is 51.6 Å². The van der Waals surface area contributed by atoms with Crippen LogP contribution in [0.5, 0.6) is 0 Å². The van der Waals surface area contributed by atoms with Crippen LogP contribution in [0.1, 0.15) is 39.5 Å². The van der Waals surface area contributed by atoms with Crippen molar-refractivity contribution in [3.8, 4) is 0 Å². The normalized spacial score (nSPS) is 38.5. The highest BCUT2D eigenvalue weighted by molar-refractivity contribution is 4.91. The maximum Gasteiger partial charge on any atom is 0.0270 e. The lowest BCUT2D eigenvalue weighted by Gasteiger charge is -2.43. The third-order valence-electron chi connectivity index (χ3n) is 4.95. The van der Waals surface area contributed by atoms with Gasteiger partial charge in [0.1, 0.15) is 0 Å². The van der Waals surface area contributed by atoms with Gasteiger partial charge in [-0.1, -0.05) is 13.8 Å². The molecule has 1 saturated carbocycles. The van der Waals surface area contributed by atoms with E-state index in [1.807, 2.05) is 0 Å². The summed E-state index contributed by atoms with van der Waals surface area (Å²) in [5.41, 5.74) is 6.39. The van der Waals surface area contributed by atoms with E-state index in [1.165, 1.54) is 51.9 Å². The van der Waals surface area contributed by atoms with Crippen LogP contribution in [0.3, 0.4) is 0 Å². The van der Waals surface area contributed by atoms with Crippen molar-refractivity contribution in [3.05, 3.63) is 0 Å². The maximum atomic E-state index is 6.39. The SMILES string of the molecule is CC1CC(C)C(N(C)CCN2CCCC2)C(N)C1. The summed E-state index contributed by atoms with van der Waals surface area (Å²) >= 11 is 0. The fourth-order valence-corrected chi connectivity index (χ4v) is 4.11. The van der Waals surface area contributed by atoms with Crippen LogP contribution in [0, 0.1) is 11.8 Å². The topological polar surface area (TPSA) is 32.5 Å². The van der Waals surface area contributed by atoms with Gasteiger partial charge in [-0.05, 0) is 57.7 Å². The first kappa shape index (κ1) is 14.3. The highest BCUT2D eigenvalue weighted by atomic mass is 15.2. The van der Waals surface area contributed by atoms with Crippen molar-refractivity contribution >= 4 is 0 Å². The largest absolute Gasteiger partial charge is 0.326 e. The van der Waals surface area contributed by atoms with Gasteiger partial charge in [0, 0.05) is 25.2 Å². The van der Waals surface area contributed by atoms with Crippen LogP contribution in [-0.2, 0) is 0 Å². The van der Waals surface area contributed by atoms with Crippen LogP contribution in [0.4, 0.5) is 0 Å². The number of likely N-dealkylation sites (tertiary alicyclic amines) is 1. The van der Waals surface area contributed by atoms with Gasteiger partial charge in [0.25, 0.3) is 0 Å². The maximum absolute atomic E-state index is 6.39. The number of hydrogen-bond donors (Lipinski definition) is 1. The van der Waals surface area contributed by atoms with Crippen molar-refractivity contribution in [1.82, 2.24) is 9.80 Å². The first-order valence-electron chi connectivity index (χ1n) is 7.76. The van der Waals surface area contributed by atoms with E-state index in [2.05, 4.69) is 30.7 Å². The average molecular weight is 253 g/mol. The molecule has 0 aromatic heterocycles. The molecule has 1 aliphatic carbocycles. The van der Waals surface area contributed by atoms with E-state index >= 15 is 0 Å². The molecule has 3 heteroatoms. The summed E-state index contributed by atoms with van der Waals surface area (Å²) in [6, 6.07) is 0.955. The molecule has 1 heterocycles. The van der Waals surface area contributed by atoms with Gasteiger partial charge in [-0.25, -0.2) is 0 Å². The molecular weight excluding hydrogens is 222 g/mol. The third-order valence-corrected chi connectivity index (χ3v) is 4.95. The summed E-state index contributed by atoms with van der Waals surface area (Å²) in [6.07, 6.45) is 5.32. The van der Waals surface area contributed by atoms with Crippen molar-refractivity contribution < 1.29 is 0 Å². The molecule has 2 aliphatic rings. The highest BCUT2D eigenvalue weighted by Gasteiger charge is 2.34. The van der Waals surface area contributed by atoms with E-state index < -0.39 is 0 Å². The van der Waals surface area contributed by atoms with E-state index in [0.29, 0.717) is 12.1 Å². The molecule has 0 aromatic rings. The van der Waals surface area contributed by atoms with E-state index in [1.54, 1.807) is 0 Å². The monoisotopic (exact) mass is 253 g/mol. The van der Waals surface area contributed by atoms with Gasteiger partial charge >= 0.3 is 0 Å². The molecule has 2 fully saturated rings. The summed E-state index contributed by atoms with van der Waals surface area (Å²) in [6.45, 7) is 9.73. The summed E-state index contributed by atoms with van der Waals surface area (Å²) in [4.78, 5) is 5.12. The van der Waals surface area contributed by atoms with Crippen LogP contribution in [0.2, 0.25) is 0 Å². The molecule has 0 amide bonds. The molecule has 106 valence electrons. The molecule has 0 aromatic carbocycles. The Bertz CT molecular complexity index is 238. The molecule has 2 rings (SSSR count). The second kappa shape index (κ2) is 6.36. The molecular formula is C15H31N3. The van der Waals surface area contributed by atoms with Gasteiger partial charge in [0.15, 0.2) is 0 Å². The zero-order chi connectivity index (χ0) is 13.1. The zero-order valence-corrected chi connectivity index (χ0v) is 12.4. The predicted octanol–water partition coefficient (Wildman–Crippen LogP) is 1.78. The molecule has 2 N–H and O–H groups in total. The van der Waals surface area contributed by atoms with Crippen LogP contribution in [-0.4, -0.2) is 55.1 Å². The Morgan fingerprint density at radius 1 is 1.17 bits per heavy atom. The first-order chi connectivity index (χ1) is 8.58. The Balaban J connectivity index is 1.81. The molecule has 0 bridgehead atoms. The number of nitrogens with two attached hydrogens (primary N) is 1. The smallest absolute Gasteiger partial charge is 0.0270 e. The minimum absolute atomic E-state index is 0.368. The van der Waals surface area contributed by atoms with Gasteiger partial charge in [-0.3, -0.25) is 0 Å². The summed E-state index contributed by atoms with van der Waals surface area (Å²) in [5, 5.41) is 0. The zero-order valence-electron chi connectivity index (χ0n) is 12.4. The Morgan fingerprint density at radius 2 is 1.83 bits per heavy atom. The van der Waals surface area contributed by atoms with Gasteiger partial charge in [-0.15, -0.1) is 0 Å². The van der Waals surface area contributed by atoms with Crippen LogP contribution in [0.15, 0.2) is 0 Å². The molecule has 0 radical (unpaired) electrons. The average Bonchev–Trinajstić information content (AvgIpc) is 2.77. The number of nitrogens with zero attached hydrogens (tertiary/aromatic N) is 2. The van der Waals surface area contributed by atoms with Crippen LogP contribution < -0.4 is 5.73 Å². The minimum atomic E-state index is 0.368. The lowest BCUT2D eigenvalue weighted by molar-refractivity contribution is 0.0888. The highest BCUT2D eigenvalue weighted by Crippen LogP contribution is 2.30. The predicted molar refractivity (Wildman–Crippen MR) is 77.6 cm³/mol. The quantitative estimate of drug-likeness (QED) is 0.829. The second-order valence-electron chi connectivity index (χ2n) is 6.74. The molecule has 1 saturated heterocycles. The van der Waals surface area contributed by atoms with E-state index in [-0.39, 0.29) is 0 Å². The first-order valence-corrected chi connectivity index (χ1v) is 7.76. The molecule has 0 spiro atoms. The van der Waals surface area contributed by atoms with Crippen molar-refractivity contribution in [3.63, 3.8) is 0 Å².